The summed E-state index contributed by atoms with van der Waals surface area (Å²) >= 11 is 0. The quantitative estimate of drug-likeness (QED) is 0.724. The standard InChI is InChI=1S/C15H18N2/c1-11-7-6-10-14-16-12(2)15(17(11)14)13-8-4-3-5-9-13/h3-5,8-9,11H,6-7,10H2,1-2H3. The van der Waals surface area contributed by atoms with Crippen LogP contribution < -0.4 is 0 Å². The van der Waals surface area contributed by atoms with Crippen molar-refractivity contribution in [3.63, 3.8) is 0 Å². The molecule has 3 rings (SSSR count). The van der Waals surface area contributed by atoms with Crippen LogP contribution in [0.2, 0.25) is 0 Å². The molecule has 0 saturated heterocycles. The molecule has 0 aliphatic carbocycles. The third kappa shape index (κ3) is 1.68. The summed E-state index contributed by atoms with van der Waals surface area (Å²) in [7, 11) is 0. The maximum Gasteiger partial charge on any atom is 0.109 e. The molecule has 0 amide bonds. The van der Waals surface area contributed by atoms with E-state index in [0.717, 1.165) is 6.42 Å². The number of imidazole rings is 1. The van der Waals surface area contributed by atoms with E-state index in [-0.39, 0.29) is 0 Å². The SMILES string of the molecule is Cc1nc2n(c1-c1ccccc1)C(C)CCC2. The predicted molar refractivity (Wildman–Crippen MR) is 70.0 cm³/mol. The van der Waals surface area contributed by atoms with Crippen LogP contribution >= 0.6 is 0 Å². The molecular formula is C15H18N2. The van der Waals surface area contributed by atoms with Gasteiger partial charge in [0.2, 0.25) is 0 Å². The van der Waals surface area contributed by atoms with Crippen LogP contribution in [0, 0.1) is 6.92 Å². The number of hydrogen-bond acceptors (Lipinski definition) is 1. The van der Waals surface area contributed by atoms with Gasteiger partial charge in [0.25, 0.3) is 0 Å². The van der Waals surface area contributed by atoms with Gasteiger partial charge < -0.3 is 4.57 Å². The van der Waals surface area contributed by atoms with Crippen molar-refractivity contribution in [2.45, 2.75) is 39.2 Å². The smallest absolute Gasteiger partial charge is 0.109 e. The topological polar surface area (TPSA) is 17.8 Å². The Kier molecular flexibility index (Phi) is 2.50. The molecule has 1 atom stereocenters. The zero-order chi connectivity index (χ0) is 11.8. The number of fused-ring (bicyclic) bond motifs is 1. The molecule has 2 nitrogen and oxygen atoms in total. The van der Waals surface area contributed by atoms with Gasteiger partial charge in [0.05, 0.1) is 11.4 Å². The molecule has 2 heteroatoms. The minimum absolute atomic E-state index is 0.579. The first kappa shape index (κ1) is 10.6. The first-order chi connectivity index (χ1) is 8.27. The molecular weight excluding hydrogens is 208 g/mol. The van der Waals surface area contributed by atoms with Crippen molar-refractivity contribution in [1.29, 1.82) is 0 Å². The van der Waals surface area contributed by atoms with Gasteiger partial charge in [-0.15, -0.1) is 0 Å². The highest BCUT2D eigenvalue weighted by Gasteiger charge is 2.22. The van der Waals surface area contributed by atoms with Crippen LogP contribution in [0.4, 0.5) is 0 Å². The highest BCUT2D eigenvalue weighted by molar-refractivity contribution is 5.63. The van der Waals surface area contributed by atoms with Gasteiger partial charge in [-0.1, -0.05) is 30.3 Å². The monoisotopic (exact) mass is 226 g/mol. The van der Waals surface area contributed by atoms with E-state index in [1.165, 1.54) is 35.6 Å². The van der Waals surface area contributed by atoms with Crippen molar-refractivity contribution in [1.82, 2.24) is 9.55 Å². The van der Waals surface area contributed by atoms with Gasteiger partial charge in [-0.2, -0.15) is 0 Å². The molecule has 0 saturated carbocycles. The summed E-state index contributed by atoms with van der Waals surface area (Å²) in [6, 6.07) is 11.2. The van der Waals surface area contributed by atoms with E-state index in [0.29, 0.717) is 6.04 Å². The van der Waals surface area contributed by atoms with Gasteiger partial charge in [-0.25, -0.2) is 4.98 Å². The van der Waals surface area contributed by atoms with E-state index < -0.39 is 0 Å². The Balaban J connectivity index is 2.20. The van der Waals surface area contributed by atoms with Gasteiger partial charge >= 0.3 is 0 Å². The third-order valence-electron chi connectivity index (χ3n) is 3.67. The minimum atomic E-state index is 0.579. The summed E-state index contributed by atoms with van der Waals surface area (Å²) < 4.78 is 2.44. The Morgan fingerprint density at radius 3 is 2.76 bits per heavy atom. The van der Waals surface area contributed by atoms with Crippen molar-refractivity contribution in [2.24, 2.45) is 0 Å². The summed E-state index contributed by atoms with van der Waals surface area (Å²) in [5.74, 6) is 1.26. The Labute approximate surface area is 102 Å². The highest BCUT2D eigenvalue weighted by atomic mass is 15.1. The van der Waals surface area contributed by atoms with Crippen molar-refractivity contribution >= 4 is 0 Å². The van der Waals surface area contributed by atoms with Crippen LogP contribution in [0.25, 0.3) is 11.3 Å². The molecule has 0 N–H and O–H groups in total. The van der Waals surface area contributed by atoms with E-state index in [4.69, 9.17) is 4.98 Å². The fraction of sp³-hybridized carbons (Fsp3) is 0.400. The van der Waals surface area contributed by atoms with Crippen LogP contribution in [0.15, 0.2) is 30.3 Å². The molecule has 2 aromatic rings. The van der Waals surface area contributed by atoms with E-state index in [2.05, 4.69) is 48.7 Å². The van der Waals surface area contributed by atoms with E-state index in [1.54, 1.807) is 0 Å². The van der Waals surface area contributed by atoms with E-state index in [1.807, 2.05) is 0 Å². The second kappa shape index (κ2) is 4.02. The lowest BCUT2D eigenvalue weighted by atomic mass is 10.0. The van der Waals surface area contributed by atoms with Crippen LogP contribution in [-0.2, 0) is 6.42 Å². The van der Waals surface area contributed by atoms with Gasteiger partial charge in [0.1, 0.15) is 5.82 Å². The van der Waals surface area contributed by atoms with Crippen molar-refractivity contribution in [3.05, 3.63) is 41.9 Å². The predicted octanol–water partition coefficient (Wildman–Crippen LogP) is 3.76. The molecule has 0 fully saturated rings. The Bertz CT molecular complexity index is 525. The van der Waals surface area contributed by atoms with Crippen LogP contribution in [0.1, 0.15) is 37.3 Å². The Morgan fingerprint density at radius 2 is 2.00 bits per heavy atom. The number of hydrogen-bond donors (Lipinski definition) is 0. The Hall–Kier alpha value is -1.57. The molecule has 0 spiro atoms. The van der Waals surface area contributed by atoms with Gasteiger partial charge in [0.15, 0.2) is 0 Å². The van der Waals surface area contributed by atoms with E-state index in [9.17, 15) is 0 Å². The first-order valence-corrected chi connectivity index (χ1v) is 6.40. The lowest BCUT2D eigenvalue weighted by Crippen LogP contribution is -2.16. The van der Waals surface area contributed by atoms with Crippen molar-refractivity contribution in [2.75, 3.05) is 0 Å². The van der Waals surface area contributed by atoms with Crippen LogP contribution in [0.5, 0.6) is 0 Å². The lowest BCUT2D eigenvalue weighted by Gasteiger charge is -2.24. The molecule has 17 heavy (non-hydrogen) atoms. The van der Waals surface area contributed by atoms with Crippen LogP contribution in [-0.4, -0.2) is 9.55 Å². The molecule has 88 valence electrons. The van der Waals surface area contributed by atoms with Crippen LogP contribution in [0.3, 0.4) is 0 Å². The summed E-state index contributed by atoms with van der Waals surface area (Å²) in [5.41, 5.74) is 3.77. The lowest BCUT2D eigenvalue weighted by molar-refractivity contribution is 0.429. The number of aryl methyl sites for hydroxylation is 2. The molecule has 1 unspecified atom stereocenters. The summed E-state index contributed by atoms with van der Waals surface area (Å²) in [6.07, 6.45) is 3.66. The molecule has 0 radical (unpaired) electrons. The van der Waals surface area contributed by atoms with Crippen molar-refractivity contribution < 1.29 is 0 Å². The fourth-order valence-corrected chi connectivity index (χ4v) is 2.88. The Morgan fingerprint density at radius 1 is 1.24 bits per heavy atom. The molecule has 1 aromatic heterocycles. The molecule has 1 aromatic carbocycles. The fourth-order valence-electron chi connectivity index (χ4n) is 2.88. The first-order valence-electron chi connectivity index (χ1n) is 6.40. The summed E-state index contributed by atoms with van der Waals surface area (Å²) in [4.78, 5) is 4.74. The normalized spacial score (nSPS) is 19.1. The minimum Gasteiger partial charge on any atom is -0.325 e. The van der Waals surface area contributed by atoms with Gasteiger partial charge in [-0.05, 0) is 26.7 Å². The number of aromatic nitrogens is 2. The molecule has 2 heterocycles. The second-order valence-corrected chi connectivity index (χ2v) is 4.94. The number of benzene rings is 1. The average molecular weight is 226 g/mol. The summed E-state index contributed by atoms with van der Waals surface area (Å²) in [6.45, 7) is 4.43. The van der Waals surface area contributed by atoms with E-state index >= 15 is 0 Å². The zero-order valence-electron chi connectivity index (χ0n) is 10.5. The maximum atomic E-state index is 4.74. The average Bonchev–Trinajstić information content (AvgIpc) is 2.68. The highest BCUT2D eigenvalue weighted by Crippen LogP contribution is 2.33. The van der Waals surface area contributed by atoms with Gasteiger partial charge in [0, 0.05) is 18.0 Å². The molecule has 1 aliphatic heterocycles. The molecule has 0 bridgehead atoms. The second-order valence-electron chi connectivity index (χ2n) is 4.94. The number of nitrogens with zero attached hydrogens (tertiary/aromatic N) is 2. The third-order valence-corrected chi connectivity index (χ3v) is 3.67. The number of rotatable bonds is 1. The summed E-state index contributed by atoms with van der Waals surface area (Å²) in [5, 5.41) is 0. The van der Waals surface area contributed by atoms with Gasteiger partial charge in [-0.3, -0.25) is 0 Å². The largest absolute Gasteiger partial charge is 0.325 e. The maximum absolute atomic E-state index is 4.74. The zero-order valence-corrected chi connectivity index (χ0v) is 10.5. The van der Waals surface area contributed by atoms with Crippen molar-refractivity contribution in [3.8, 4) is 11.3 Å². The molecule has 1 aliphatic rings.